The quantitative estimate of drug-likeness (QED) is 0.898. The third kappa shape index (κ3) is 4.52. The molecule has 3 heterocycles. The molecule has 0 spiro atoms. The van der Waals surface area contributed by atoms with Crippen LogP contribution in [0.4, 0.5) is 5.95 Å². The Bertz CT molecular complexity index is 672. The summed E-state index contributed by atoms with van der Waals surface area (Å²) in [7, 11) is 2.15. The lowest BCUT2D eigenvalue weighted by Gasteiger charge is -2.32. The molecule has 6 heteroatoms. The second-order valence-corrected chi connectivity index (χ2v) is 7.35. The van der Waals surface area contributed by atoms with E-state index in [1.54, 1.807) is 0 Å². The lowest BCUT2D eigenvalue weighted by Crippen LogP contribution is -2.45. The van der Waals surface area contributed by atoms with Gasteiger partial charge >= 0.3 is 0 Å². The molecule has 2 aromatic rings. The number of hydrogen-bond donors (Lipinski definition) is 1. The molecular weight excluding hydrogens is 312 g/mol. The Morgan fingerprint density at radius 2 is 1.68 bits per heavy atom. The average Bonchev–Trinajstić information content (AvgIpc) is 2.62. The van der Waals surface area contributed by atoms with Crippen molar-refractivity contribution in [1.29, 1.82) is 0 Å². The van der Waals surface area contributed by atoms with Gasteiger partial charge in [0.05, 0.1) is 0 Å². The number of nitrogens with one attached hydrogen (secondary N) is 1. The number of nitrogens with zero attached hydrogens (tertiary/aromatic N) is 5. The smallest absolute Gasteiger partial charge is 0.225 e. The Morgan fingerprint density at radius 1 is 1.00 bits per heavy atom. The minimum Gasteiger partial charge on any atom is -0.338 e. The second kappa shape index (κ2) is 7.45. The van der Waals surface area contributed by atoms with Crippen LogP contribution >= 0.6 is 0 Å². The van der Waals surface area contributed by atoms with E-state index >= 15 is 0 Å². The monoisotopic (exact) mass is 340 g/mol. The Kier molecular flexibility index (Phi) is 5.30. The van der Waals surface area contributed by atoms with E-state index in [1.165, 1.54) is 5.56 Å². The number of anilines is 1. The Morgan fingerprint density at radius 3 is 2.28 bits per heavy atom. The number of aromatic nitrogens is 3. The normalized spacial score (nSPS) is 16.2. The topological polar surface area (TPSA) is 57.2 Å². The summed E-state index contributed by atoms with van der Waals surface area (Å²) in [5.74, 6) is 0.832. The van der Waals surface area contributed by atoms with Crippen LogP contribution in [0.5, 0.6) is 0 Å². The van der Waals surface area contributed by atoms with Crippen LogP contribution in [0.2, 0.25) is 0 Å². The molecule has 0 radical (unpaired) electrons. The first kappa shape index (κ1) is 17.8. The van der Waals surface area contributed by atoms with Crippen LogP contribution in [0.25, 0.3) is 0 Å². The van der Waals surface area contributed by atoms with Crippen molar-refractivity contribution in [3.63, 3.8) is 0 Å². The maximum absolute atomic E-state index is 4.56. The second-order valence-electron chi connectivity index (χ2n) is 7.35. The summed E-state index contributed by atoms with van der Waals surface area (Å²) in [5, 5.41) is 3.58. The van der Waals surface area contributed by atoms with E-state index in [0.29, 0.717) is 0 Å². The van der Waals surface area contributed by atoms with Crippen LogP contribution in [0, 0.1) is 6.92 Å². The molecule has 1 aliphatic rings. The van der Waals surface area contributed by atoms with Gasteiger partial charge in [-0.15, -0.1) is 0 Å². The van der Waals surface area contributed by atoms with E-state index in [1.807, 2.05) is 31.6 Å². The van der Waals surface area contributed by atoms with E-state index in [9.17, 15) is 0 Å². The standard InChI is InChI=1S/C19H28N6/c1-15-5-6-17(14-20-15)19(2,3)23-13-16-11-21-18(22-12-16)25-9-7-24(4)8-10-25/h5-6,11-12,14,23H,7-10,13H2,1-4H3. The fraction of sp³-hybridized carbons (Fsp3) is 0.526. The van der Waals surface area contributed by atoms with E-state index in [2.05, 4.69) is 57.0 Å². The molecule has 1 N–H and O–H groups in total. The number of pyridine rings is 1. The number of piperazine rings is 1. The van der Waals surface area contributed by atoms with Crippen molar-refractivity contribution in [3.05, 3.63) is 47.5 Å². The van der Waals surface area contributed by atoms with Crippen LogP contribution in [-0.2, 0) is 12.1 Å². The number of likely N-dealkylation sites (N-methyl/N-ethyl adjacent to an activating group) is 1. The maximum atomic E-state index is 4.56. The lowest BCUT2D eigenvalue weighted by molar-refractivity contribution is 0.311. The van der Waals surface area contributed by atoms with Crippen molar-refractivity contribution in [2.75, 3.05) is 38.1 Å². The predicted molar refractivity (Wildman–Crippen MR) is 101 cm³/mol. The Hall–Kier alpha value is -2.05. The van der Waals surface area contributed by atoms with Gasteiger partial charge in [-0.25, -0.2) is 9.97 Å². The fourth-order valence-corrected chi connectivity index (χ4v) is 2.87. The predicted octanol–water partition coefficient (Wildman–Crippen LogP) is 1.96. The first-order chi connectivity index (χ1) is 11.9. The van der Waals surface area contributed by atoms with E-state index in [4.69, 9.17) is 0 Å². The summed E-state index contributed by atoms with van der Waals surface area (Å²) < 4.78 is 0. The number of aryl methyl sites for hydroxylation is 1. The molecule has 1 aliphatic heterocycles. The highest BCUT2D eigenvalue weighted by Crippen LogP contribution is 2.20. The molecule has 134 valence electrons. The van der Waals surface area contributed by atoms with Gasteiger partial charge in [-0.05, 0) is 39.4 Å². The highest BCUT2D eigenvalue weighted by Gasteiger charge is 2.20. The fourth-order valence-electron chi connectivity index (χ4n) is 2.87. The number of hydrogen-bond acceptors (Lipinski definition) is 6. The highest BCUT2D eigenvalue weighted by molar-refractivity contribution is 5.31. The van der Waals surface area contributed by atoms with E-state index in [-0.39, 0.29) is 5.54 Å². The molecule has 2 aromatic heterocycles. The summed E-state index contributed by atoms with van der Waals surface area (Å²) >= 11 is 0. The van der Waals surface area contributed by atoms with Gasteiger partial charge in [0.2, 0.25) is 5.95 Å². The van der Waals surface area contributed by atoms with Crippen molar-refractivity contribution >= 4 is 5.95 Å². The summed E-state index contributed by atoms with van der Waals surface area (Å²) in [6, 6.07) is 4.18. The maximum Gasteiger partial charge on any atom is 0.225 e. The van der Waals surface area contributed by atoms with Crippen LogP contribution in [0.15, 0.2) is 30.7 Å². The first-order valence-corrected chi connectivity index (χ1v) is 8.86. The molecule has 0 amide bonds. The molecule has 25 heavy (non-hydrogen) atoms. The Balaban J connectivity index is 1.59. The van der Waals surface area contributed by atoms with Gasteiger partial charge in [0.15, 0.2) is 0 Å². The SMILES string of the molecule is Cc1ccc(C(C)(C)NCc2cnc(N3CCN(C)CC3)nc2)cn1. The minimum absolute atomic E-state index is 0.156. The zero-order chi connectivity index (χ0) is 17.9. The molecule has 1 saturated heterocycles. The van der Waals surface area contributed by atoms with Crippen LogP contribution in [-0.4, -0.2) is 53.1 Å². The average molecular weight is 340 g/mol. The molecule has 0 atom stereocenters. The summed E-state index contributed by atoms with van der Waals surface area (Å²) in [6.07, 6.45) is 5.80. The molecule has 0 aliphatic carbocycles. The minimum atomic E-state index is -0.156. The van der Waals surface area contributed by atoms with Crippen molar-refractivity contribution in [1.82, 2.24) is 25.2 Å². The molecule has 0 aromatic carbocycles. The van der Waals surface area contributed by atoms with Gasteiger partial charge in [-0.1, -0.05) is 6.07 Å². The van der Waals surface area contributed by atoms with Gasteiger partial charge < -0.3 is 15.1 Å². The third-order valence-corrected chi connectivity index (χ3v) is 4.85. The zero-order valence-corrected chi connectivity index (χ0v) is 15.7. The van der Waals surface area contributed by atoms with Crippen molar-refractivity contribution in [2.45, 2.75) is 32.9 Å². The molecule has 3 rings (SSSR count). The van der Waals surface area contributed by atoms with Gasteiger partial charge in [0.25, 0.3) is 0 Å². The first-order valence-electron chi connectivity index (χ1n) is 8.86. The van der Waals surface area contributed by atoms with Crippen molar-refractivity contribution < 1.29 is 0 Å². The molecule has 0 bridgehead atoms. The number of rotatable bonds is 5. The largest absolute Gasteiger partial charge is 0.338 e. The highest BCUT2D eigenvalue weighted by atomic mass is 15.3. The lowest BCUT2D eigenvalue weighted by atomic mass is 9.95. The molecule has 0 saturated carbocycles. The van der Waals surface area contributed by atoms with E-state index < -0.39 is 0 Å². The van der Waals surface area contributed by atoms with E-state index in [0.717, 1.165) is 49.9 Å². The Labute approximate surface area is 150 Å². The van der Waals surface area contributed by atoms with Crippen molar-refractivity contribution in [3.8, 4) is 0 Å². The summed E-state index contributed by atoms with van der Waals surface area (Å²) in [4.78, 5) is 18.1. The van der Waals surface area contributed by atoms with Gasteiger partial charge in [-0.2, -0.15) is 0 Å². The summed E-state index contributed by atoms with van der Waals surface area (Å²) in [6.45, 7) is 11.2. The molecule has 0 unspecified atom stereocenters. The third-order valence-electron chi connectivity index (χ3n) is 4.85. The summed E-state index contributed by atoms with van der Waals surface area (Å²) in [5.41, 5.74) is 3.14. The van der Waals surface area contributed by atoms with Crippen LogP contribution < -0.4 is 10.2 Å². The van der Waals surface area contributed by atoms with Crippen molar-refractivity contribution in [2.24, 2.45) is 0 Å². The van der Waals surface area contributed by atoms with Crippen LogP contribution in [0.1, 0.15) is 30.7 Å². The van der Waals surface area contributed by atoms with Crippen LogP contribution in [0.3, 0.4) is 0 Å². The molecular formula is C19H28N6. The van der Waals surface area contributed by atoms with Gasteiger partial charge in [0.1, 0.15) is 0 Å². The molecule has 1 fully saturated rings. The van der Waals surface area contributed by atoms with Gasteiger partial charge in [0, 0.05) is 68.1 Å². The van der Waals surface area contributed by atoms with Gasteiger partial charge in [-0.3, -0.25) is 4.98 Å². The molecule has 6 nitrogen and oxygen atoms in total. The zero-order valence-electron chi connectivity index (χ0n) is 15.7.